The van der Waals surface area contributed by atoms with Crippen LogP contribution in [0.3, 0.4) is 0 Å². The molecule has 1 aliphatic carbocycles. The van der Waals surface area contributed by atoms with Crippen LogP contribution < -0.4 is 5.73 Å². The number of fused-ring (bicyclic) bond motifs is 3. The molecule has 112 valence electrons. The van der Waals surface area contributed by atoms with Crippen LogP contribution in [0.5, 0.6) is 0 Å². The Kier molecular flexibility index (Phi) is 2.76. The molecule has 4 heteroatoms. The molecule has 0 saturated heterocycles. The minimum Gasteiger partial charge on any atom is -0.382 e. The van der Waals surface area contributed by atoms with E-state index >= 15 is 0 Å². The fourth-order valence-corrected chi connectivity index (χ4v) is 3.53. The summed E-state index contributed by atoms with van der Waals surface area (Å²) in [5, 5.41) is 8.18. The molecule has 0 aliphatic heterocycles. The van der Waals surface area contributed by atoms with E-state index in [1.54, 1.807) is 0 Å². The number of hydrogen-bond donors (Lipinski definition) is 2. The molecule has 2 heterocycles. The van der Waals surface area contributed by atoms with Crippen molar-refractivity contribution in [2.45, 2.75) is 33.1 Å². The van der Waals surface area contributed by atoms with Crippen molar-refractivity contribution in [3.63, 3.8) is 0 Å². The van der Waals surface area contributed by atoms with Crippen molar-refractivity contribution in [2.24, 2.45) is 5.41 Å². The van der Waals surface area contributed by atoms with E-state index in [2.05, 4.69) is 48.3 Å². The SMILES string of the molecule is CC1(C)CCc2c(-c3ccccc3)nc3[nH]nc(N)c3c2C1. The summed E-state index contributed by atoms with van der Waals surface area (Å²) in [7, 11) is 0. The van der Waals surface area contributed by atoms with Crippen molar-refractivity contribution < 1.29 is 0 Å². The molecule has 0 bridgehead atoms. The van der Waals surface area contributed by atoms with Crippen molar-refractivity contribution in [3.05, 3.63) is 41.5 Å². The Balaban J connectivity index is 2.04. The summed E-state index contributed by atoms with van der Waals surface area (Å²) in [6.45, 7) is 4.64. The average Bonchev–Trinajstić information content (AvgIpc) is 2.88. The molecule has 0 fully saturated rings. The van der Waals surface area contributed by atoms with E-state index in [-0.39, 0.29) is 0 Å². The Morgan fingerprint density at radius 1 is 1.14 bits per heavy atom. The summed E-state index contributed by atoms with van der Waals surface area (Å²) in [6.07, 6.45) is 3.23. The molecule has 22 heavy (non-hydrogen) atoms. The van der Waals surface area contributed by atoms with Gasteiger partial charge in [0, 0.05) is 5.56 Å². The van der Waals surface area contributed by atoms with Gasteiger partial charge < -0.3 is 5.73 Å². The number of nitrogens with zero attached hydrogens (tertiary/aromatic N) is 2. The number of nitrogens with one attached hydrogen (secondary N) is 1. The zero-order valence-corrected chi connectivity index (χ0v) is 13.0. The van der Waals surface area contributed by atoms with Crippen LogP contribution >= 0.6 is 0 Å². The fourth-order valence-electron chi connectivity index (χ4n) is 3.53. The maximum atomic E-state index is 6.10. The summed E-state index contributed by atoms with van der Waals surface area (Å²) >= 11 is 0. The number of nitrogen functional groups attached to an aromatic ring is 1. The molecule has 2 aromatic heterocycles. The van der Waals surface area contributed by atoms with Crippen LogP contribution in [-0.4, -0.2) is 15.2 Å². The molecule has 0 saturated carbocycles. The highest BCUT2D eigenvalue weighted by Gasteiger charge is 2.30. The minimum absolute atomic E-state index is 0.291. The van der Waals surface area contributed by atoms with Gasteiger partial charge in [-0.3, -0.25) is 5.10 Å². The highest BCUT2D eigenvalue weighted by molar-refractivity contribution is 5.93. The third-order valence-electron chi connectivity index (χ3n) is 4.71. The largest absolute Gasteiger partial charge is 0.382 e. The second-order valence-electron chi connectivity index (χ2n) is 6.96. The molecule has 3 aromatic rings. The predicted octanol–water partition coefficient (Wildman–Crippen LogP) is 3.72. The number of H-pyrrole nitrogens is 1. The van der Waals surface area contributed by atoms with Crippen LogP contribution in [0.25, 0.3) is 22.3 Å². The van der Waals surface area contributed by atoms with Crippen molar-refractivity contribution >= 4 is 16.9 Å². The molecular formula is C18H20N4. The van der Waals surface area contributed by atoms with E-state index < -0.39 is 0 Å². The monoisotopic (exact) mass is 292 g/mol. The van der Waals surface area contributed by atoms with Crippen LogP contribution in [0.1, 0.15) is 31.4 Å². The first-order valence-corrected chi connectivity index (χ1v) is 7.76. The quantitative estimate of drug-likeness (QED) is 0.718. The third kappa shape index (κ3) is 1.98. The van der Waals surface area contributed by atoms with Gasteiger partial charge in [0.05, 0.1) is 11.1 Å². The van der Waals surface area contributed by atoms with E-state index in [0.29, 0.717) is 11.2 Å². The second-order valence-corrected chi connectivity index (χ2v) is 6.96. The topological polar surface area (TPSA) is 67.6 Å². The molecule has 1 aromatic carbocycles. The van der Waals surface area contributed by atoms with Gasteiger partial charge in [0.25, 0.3) is 0 Å². The van der Waals surface area contributed by atoms with E-state index in [0.717, 1.165) is 35.1 Å². The van der Waals surface area contributed by atoms with E-state index in [9.17, 15) is 0 Å². The van der Waals surface area contributed by atoms with Crippen molar-refractivity contribution in [3.8, 4) is 11.3 Å². The summed E-state index contributed by atoms with van der Waals surface area (Å²) in [5.74, 6) is 0.566. The summed E-state index contributed by atoms with van der Waals surface area (Å²) in [6, 6.07) is 10.4. The number of aromatic amines is 1. The molecular weight excluding hydrogens is 272 g/mol. The maximum Gasteiger partial charge on any atom is 0.158 e. The number of aromatic nitrogens is 3. The number of hydrogen-bond acceptors (Lipinski definition) is 3. The number of nitrogens with two attached hydrogens (primary N) is 1. The zero-order valence-electron chi connectivity index (χ0n) is 13.0. The van der Waals surface area contributed by atoms with Crippen LogP contribution in [-0.2, 0) is 12.8 Å². The molecule has 0 unspecified atom stereocenters. The Morgan fingerprint density at radius 2 is 1.91 bits per heavy atom. The fraction of sp³-hybridized carbons (Fsp3) is 0.333. The van der Waals surface area contributed by atoms with Gasteiger partial charge in [-0.15, -0.1) is 0 Å². The first-order chi connectivity index (χ1) is 10.6. The number of anilines is 1. The lowest BCUT2D eigenvalue weighted by atomic mass is 9.73. The number of rotatable bonds is 1. The van der Waals surface area contributed by atoms with Crippen LogP contribution in [0, 0.1) is 5.41 Å². The third-order valence-corrected chi connectivity index (χ3v) is 4.71. The minimum atomic E-state index is 0.291. The first-order valence-electron chi connectivity index (χ1n) is 7.76. The van der Waals surface area contributed by atoms with E-state index in [4.69, 9.17) is 10.7 Å². The van der Waals surface area contributed by atoms with Gasteiger partial charge >= 0.3 is 0 Å². The maximum absolute atomic E-state index is 6.10. The Labute approximate surface area is 129 Å². The molecule has 3 N–H and O–H groups in total. The van der Waals surface area contributed by atoms with Gasteiger partial charge in [0.2, 0.25) is 0 Å². The number of benzene rings is 1. The smallest absolute Gasteiger partial charge is 0.158 e. The standard InChI is InChI=1S/C18H20N4/c1-18(2)9-8-12-13(10-18)14-16(19)21-22-17(14)20-15(12)11-6-4-3-5-7-11/h3-7H,8-10H2,1-2H3,(H3,19,20,21,22). The van der Waals surface area contributed by atoms with Crippen molar-refractivity contribution in [1.82, 2.24) is 15.2 Å². The lowest BCUT2D eigenvalue weighted by Crippen LogP contribution is -2.23. The summed E-state index contributed by atoms with van der Waals surface area (Å²) in [4.78, 5) is 4.83. The van der Waals surface area contributed by atoms with Crippen molar-refractivity contribution in [2.75, 3.05) is 5.73 Å². The average molecular weight is 292 g/mol. The lowest BCUT2D eigenvalue weighted by Gasteiger charge is -2.32. The molecule has 0 radical (unpaired) electrons. The Bertz CT molecular complexity index is 846. The molecule has 0 atom stereocenters. The van der Waals surface area contributed by atoms with Gasteiger partial charge in [-0.1, -0.05) is 44.2 Å². The molecule has 4 rings (SSSR count). The number of pyridine rings is 1. The highest BCUT2D eigenvalue weighted by Crippen LogP contribution is 2.42. The van der Waals surface area contributed by atoms with Crippen molar-refractivity contribution in [1.29, 1.82) is 0 Å². The Morgan fingerprint density at radius 3 is 2.68 bits per heavy atom. The highest BCUT2D eigenvalue weighted by atomic mass is 15.2. The van der Waals surface area contributed by atoms with E-state index in [1.165, 1.54) is 17.5 Å². The summed E-state index contributed by atoms with van der Waals surface area (Å²) < 4.78 is 0. The lowest BCUT2D eigenvalue weighted by molar-refractivity contribution is 0.317. The van der Waals surface area contributed by atoms with E-state index in [1.807, 2.05) is 6.07 Å². The zero-order chi connectivity index (χ0) is 15.3. The van der Waals surface area contributed by atoms with Gasteiger partial charge in [0.1, 0.15) is 0 Å². The molecule has 1 aliphatic rings. The molecule has 0 amide bonds. The second kappa shape index (κ2) is 4.57. The van der Waals surface area contributed by atoms with Gasteiger partial charge in [-0.05, 0) is 35.8 Å². The molecule has 4 nitrogen and oxygen atoms in total. The normalized spacial score (nSPS) is 16.6. The molecule has 0 spiro atoms. The predicted molar refractivity (Wildman–Crippen MR) is 89.5 cm³/mol. The van der Waals surface area contributed by atoms with Crippen LogP contribution in [0.2, 0.25) is 0 Å². The Hall–Kier alpha value is -2.36. The van der Waals surface area contributed by atoms with Gasteiger partial charge in [-0.2, -0.15) is 5.10 Å². The van der Waals surface area contributed by atoms with Gasteiger partial charge in [0.15, 0.2) is 11.5 Å². The first kappa shape index (κ1) is 13.3. The van der Waals surface area contributed by atoms with Crippen LogP contribution in [0.4, 0.5) is 5.82 Å². The van der Waals surface area contributed by atoms with Crippen LogP contribution in [0.15, 0.2) is 30.3 Å². The summed E-state index contributed by atoms with van der Waals surface area (Å²) in [5.41, 5.74) is 12.1. The van der Waals surface area contributed by atoms with Gasteiger partial charge in [-0.25, -0.2) is 4.98 Å².